The highest BCUT2D eigenvalue weighted by atomic mass is 16.5. The van der Waals surface area contributed by atoms with E-state index in [0.717, 1.165) is 0 Å². The summed E-state index contributed by atoms with van der Waals surface area (Å²) < 4.78 is 5.06. The van der Waals surface area contributed by atoms with Gasteiger partial charge in [-0.25, -0.2) is 0 Å². The first kappa shape index (κ1) is 12.7. The third-order valence-corrected chi connectivity index (χ3v) is 2.82. The molecule has 0 aromatic rings. The van der Waals surface area contributed by atoms with E-state index in [2.05, 4.69) is 18.9 Å². The van der Waals surface area contributed by atoms with Crippen LogP contribution in [0.15, 0.2) is 30.5 Å². The summed E-state index contributed by atoms with van der Waals surface area (Å²) in [4.78, 5) is 13.1. The lowest BCUT2D eigenvalue weighted by molar-refractivity contribution is -0.176. The molecule has 0 spiro atoms. The SMILES string of the molecule is C=C=C(C)[C@@H](O)[C@H]1[C@@H](OC)C(=O)N1CC=C. The highest BCUT2D eigenvalue weighted by Crippen LogP contribution is 2.27. The van der Waals surface area contributed by atoms with E-state index in [0.29, 0.717) is 12.1 Å². The molecule has 1 aliphatic heterocycles. The summed E-state index contributed by atoms with van der Waals surface area (Å²) in [6, 6.07) is -0.371. The van der Waals surface area contributed by atoms with E-state index in [1.807, 2.05) is 0 Å². The van der Waals surface area contributed by atoms with Crippen LogP contribution in [0.4, 0.5) is 0 Å². The second kappa shape index (κ2) is 5.12. The van der Waals surface area contributed by atoms with Crippen LogP contribution in [-0.4, -0.2) is 47.8 Å². The Kier molecular flexibility index (Phi) is 4.07. The number of amides is 1. The van der Waals surface area contributed by atoms with E-state index < -0.39 is 12.2 Å². The Morgan fingerprint density at radius 3 is 2.88 bits per heavy atom. The molecule has 0 bridgehead atoms. The van der Waals surface area contributed by atoms with Crippen molar-refractivity contribution in [2.24, 2.45) is 0 Å². The largest absolute Gasteiger partial charge is 0.386 e. The molecule has 88 valence electrons. The van der Waals surface area contributed by atoms with Crippen molar-refractivity contribution in [3.63, 3.8) is 0 Å². The van der Waals surface area contributed by atoms with Gasteiger partial charge in [0.05, 0.1) is 6.04 Å². The van der Waals surface area contributed by atoms with Crippen LogP contribution in [0.5, 0.6) is 0 Å². The second-order valence-corrected chi connectivity index (χ2v) is 3.73. The summed E-state index contributed by atoms with van der Waals surface area (Å²) in [6.45, 7) is 9.18. The van der Waals surface area contributed by atoms with Crippen LogP contribution < -0.4 is 0 Å². The molecule has 0 saturated carbocycles. The minimum absolute atomic E-state index is 0.122. The number of carbonyl (C=O) groups excluding carboxylic acids is 1. The maximum Gasteiger partial charge on any atom is 0.254 e. The first-order chi connectivity index (χ1) is 7.58. The number of aliphatic hydroxyl groups is 1. The van der Waals surface area contributed by atoms with Gasteiger partial charge in [-0.3, -0.25) is 4.79 Å². The lowest BCUT2D eigenvalue weighted by atomic mass is 9.89. The van der Waals surface area contributed by atoms with Gasteiger partial charge in [0.15, 0.2) is 6.10 Å². The maximum atomic E-state index is 11.6. The number of ether oxygens (including phenoxy) is 1. The van der Waals surface area contributed by atoms with Gasteiger partial charge in [-0.05, 0) is 12.5 Å². The molecule has 3 atom stereocenters. The fourth-order valence-corrected chi connectivity index (χ4v) is 1.83. The molecule has 0 aliphatic carbocycles. The third-order valence-electron chi connectivity index (χ3n) is 2.82. The van der Waals surface area contributed by atoms with E-state index in [1.54, 1.807) is 13.0 Å². The van der Waals surface area contributed by atoms with Crippen LogP contribution in [0, 0.1) is 0 Å². The van der Waals surface area contributed by atoms with Crippen molar-refractivity contribution in [1.82, 2.24) is 4.90 Å². The highest BCUT2D eigenvalue weighted by Gasteiger charge is 2.51. The number of likely N-dealkylation sites (tertiary alicyclic amines) is 1. The molecule has 1 heterocycles. The molecule has 0 radical (unpaired) electrons. The molecule has 4 nitrogen and oxygen atoms in total. The van der Waals surface area contributed by atoms with E-state index in [1.165, 1.54) is 12.0 Å². The molecule has 1 amide bonds. The van der Waals surface area contributed by atoms with Gasteiger partial charge in [0.25, 0.3) is 5.91 Å². The molecule has 0 aromatic heterocycles. The molecule has 1 rings (SSSR count). The second-order valence-electron chi connectivity index (χ2n) is 3.73. The maximum absolute atomic E-state index is 11.6. The molecular weight excluding hydrogens is 206 g/mol. The van der Waals surface area contributed by atoms with Gasteiger partial charge in [0, 0.05) is 13.7 Å². The van der Waals surface area contributed by atoms with Gasteiger partial charge in [0.2, 0.25) is 0 Å². The minimum Gasteiger partial charge on any atom is -0.386 e. The Labute approximate surface area is 95.5 Å². The molecule has 0 aromatic carbocycles. The fourth-order valence-electron chi connectivity index (χ4n) is 1.83. The number of nitrogens with zero attached hydrogens (tertiary/aromatic N) is 1. The third kappa shape index (κ3) is 1.95. The molecule has 1 N–H and O–H groups in total. The number of carbonyl (C=O) groups is 1. The highest BCUT2D eigenvalue weighted by molar-refractivity contribution is 5.89. The molecule has 1 fully saturated rings. The van der Waals surface area contributed by atoms with Crippen molar-refractivity contribution in [2.75, 3.05) is 13.7 Å². The van der Waals surface area contributed by atoms with Gasteiger partial charge < -0.3 is 14.7 Å². The van der Waals surface area contributed by atoms with Crippen LogP contribution >= 0.6 is 0 Å². The summed E-state index contributed by atoms with van der Waals surface area (Å²) >= 11 is 0. The van der Waals surface area contributed by atoms with Gasteiger partial charge in [-0.1, -0.05) is 12.7 Å². The van der Waals surface area contributed by atoms with E-state index in [4.69, 9.17) is 4.74 Å². The Bertz CT molecular complexity index is 344. The van der Waals surface area contributed by atoms with Gasteiger partial charge >= 0.3 is 0 Å². The molecule has 1 saturated heterocycles. The molecule has 16 heavy (non-hydrogen) atoms. The number of aliphatic hydroxyl groups excluding tert-OH is 1. The molecule has 4 heteroatoms. The zero-order chi connectivity index (χ0) is 12.3. The van der Waals surface area contributed by atoms with Crippen LogP contribution in [-0.2, 0) is 9.53 Å². The number of β-lactam (4-membered cyclic amide) rings is 1. The Morgan fingerprint density at radius 1 is 1.81 bits per heavy atom. The monoisotopic (exact) mass is 223 g/mol. The van der Waals surface area contributed by atoms with Gasteiger partial charge in [-0.15, -0.1) is 12.3 Å². The first-order valence-corrected chi connectivity index (χ1v) is 5.07. The Hall–Kier alpha value is -1.35. The quantitative estimate of drug-likeness (QED) is 0.419. The number of methoxy groups -OCH3 is 1. The van der Waals surface area contributed by atoms with E-state index in [9.17, 15) is 9.90 Å². The number of hydrogen-bond donors (Lipinski definition) is 1. The van der Waals surface area contributed by atoms with Crippen LogP contribution in [0.1, 0.15) is 6.92 Å². The standard InChI is InChI=1S/C12H17NO3/c1-5-7-13-9(10(14)8(3)6-2)11(16-4)12(13)15/h5,9-11,14H,1-2,7H2,3-4H3/t9-,10+,11+/m0/s1. The van der Waals surface area contributed by atoms with Crippen molar-refractivity contribution >= 4 is 5.91 Å². The summed E-state index contributed by atoms with van der Waals surface area (Å²) in [7, 11) is 1.46. The summed E-state index contributed by atoms with van der Waals surface area (Å²) in [5.74, 6) is -0.122. The molecule has 0 unspecified atom stereocenters. The Morgan fingerprint density at radius 2 is 2.44 bits per heavy atom. The topological polar surface area (TPSA) is 49.8 Å². The van der Waals surface area contributed by atoms with Crippen molar-refractivity contribution in [1.29, 1.82) is 0 Å². The van der Waals surface area contributed by atoms with Gasteiger partial charge in [-0.2, -0.15) is 0 Å². The number of hydrogen-bond acceptors (Lipinski definition) is 3. The number of rotatable bonds is 5. The average Bonchev–Trinajstić information content (AvgIpc) is 2.30. The van der Waals surface area contributed by atoms with Crippen LogP contribution in [0.25, 0.3) is 0 Å². The fraction of sp³-hybridized carbons (Fsp3) is 0.500. The summed E-state index contributed by atoms with van der Waals surface area (Å²) in [5.41, 5.74) is 3.24. The predicted molar refractivity (Wildman–Crippen MR) is 60.8 cm³/mol. The van der Waals surface area contributed by atoms with Crippen LogP contribution in [0.3, 0.4) is 0 Å². The smallest absolute Gasteiger partial charge is 0.254 e. The minimum atomic E-state index is -0.792. The lowest BCUT2D eigenvalue weighted by Gasteiger charge is -2.47. The zero-order valence-electron chi connectivity index (χ0n) is 9.64. The van der Waals surface area contributed by atoms with Crippen molar-refractivity contribution in [2.45, 2.75) is 25.2 Å². The average molecular weight is 223 g/mol. The van der Waals surface area contributed by atoms with E-state index in [-0.39, 0.29) is 11.9 Å². The zero-order valence-corrected chi connectivity index (χ0v) is 9.64. The molecular formula is C12H17NO3. The van der Waals surface area contributed by atoms with Crippen molar-refractivity contribution in [3.05, 3.63) is 30.5 Å². The molecule has 1 aliphatic rings. The normalized spacial score (nSPS) is 25.7. The van der Waals surface area contributed by atoms with Crippen molar-refractivity contribution < 1.29 is 14.6 Å². The van der Waals surface area contributed by atoms with Gasteiger partial charge in [0.1, 0.15) is 6.10 Å². The van der Waals surface area contributed by atoms with E-state index >= 15 is 0 Å². The summed E-state index contributed by atoms with van der Waals surface area (Å²) in [5, 5.41) is 10.0. The first-order valence-electron chi connectivity index (χ1n) is 5.07. The van der Waals surface area contributed by atoms with Crippen molar-refractivity contribution in [3.8, 4) is 0 Å². The lowest BCUT2D eigenvalue weighted by Crippen LogP contribution is -2.69. The predicted octanol–water partition coefficient (Wildman–Crippen LogP) is 0.490. The van der Waals surface area contributed by atoms with Crippen LogP contribution in [0.2, 0.25) is 0 Å². The summed E-state index contributed by atoms with van der Waals surface area (Å²) in [6.07, 6.45) is 0.245. The Balaban J connectivity index is 2.86.